The first-order valence-electron chi connectivity index (χ1n) is 8.91. The third-order valence-electron chi connectivity index (χ3n) is 4.63. The highest BCUT2D eigenvalue weighted by molar-refractivity contribution is 7.16. The molecule has 0 radical (unpaired) electrons. The minimum absolute atomic E-state index is 0.291. The van der Waals surface area contributed by atoms with E-state index in [0.29, 0.717) is 28.4 Å². The molecule has 5 nitrogen and oxygen atoms in total. The maximum absolute atomic E-state index is 12.9. The Labute approximate surface area is 171 Å². The first-order chi connectivity index (χ1) is 14.1. The molecule has 144 valence electrons. The molecule has 0 atom stereocenters. The molecule has 29 heavy (non-hydrogen) atoms. The predicted octanol–water partition coefficient (Wildman–Crippen LogP) is 4.25. The Kier molecular flexibility index (Phi) is 5.07. The standard InChI is InChI=1S/C23H18N2O3S/c1-4-11-25-18-13-19(27-2)20(28-3)14-21(18)29-23(25)24-22(26)17-10-9-15-7-5-6-8-16(15)12-17/h1,5-10,12-14H,11H2,2-3H3. The van der Waals surface area contributed by atoms with Crippen molar-refractivity contribution in [3.8, 4) is 23.8 Å². The molecule has 4 rings (SSSR count). The van der Waals surface area contributed by atoms with Gasteiger partial charge in [0.1, 0.15) is 0 Å². The summed E-state index contributed by atoms with van der Waals surface area (Å²) < 4.78 is 13.5. The highest BCUT2D eigenvalue weighted by Crippen LogP contribution is 2.33. The zero-order valence-electron chi connectivity index (χ0n) is 16.0. The predicted molar refractivity (Wildman–Crippen MR) is 116 cm³/mol. The van der Waals surface area contributed by atoms with Crippen LogP contribution in [0.5, 0.6) is 11.5 Å². The molecule has 0 saturated heterocycles. The van der Waals surface area contributed by atoms with Gasteiger partial charge in [0.2, 0.25) is 0 Å². The summed E-state index contributed by atoms with van der Waals surface area (Å²) in [5.74, 6) is 3.53. The second-order valence-corrected chi connectivity index (χ2v) is 7.34. The van der Waals surface area contributed by atoms with E-state index in [2.05, 4.69) is 10.9 Å². The van der Waals surface area contributed by atoms with E-state index in [4.69, 9.17) is 15.9 Å². The number of carbonyl (C=O) groups is 1. The lowest BCUT2D eigenvalue weighted by Crippen LogP contribution is -2.16. The van der Waals surface area contributed by atoms with E-state index in [-0.39, 0.29) is 5.91 Å². The summed E-state index contributed by atoms with van der Waals surface area (Å²) >= 11 is 1.38. The molecule has 6 heteroatoms. The van der Waals surface area contributed by atoms with Crippen molar-refractivity contribution in [3.05, 3.63) is 65.0 Å². The number of hydrogen-bond acceptors (Lipinski definition) is 4. The molecule has 0 aliphatic rings. The maximum atomic E-state index is 12.9. The molecule has 4 aromatic rings. The van der Waals surface area contributed by atoms with E-state index < -0.39 is 0 Å². The lowest BCUT2D eigenvalue weighted by atomic mass is 10.1. The molecule has 1 amide bonds. The van der Waals surface area contributed by atoms with Crippen LogP contribution in [0.4, 0.5) is 0 Å². The van der Waals surface area contributed by atoms with Crippen LogP contribution in [0.15, 0.2) is 59.6 Å². The summed E-state index contributed by atoms with van der Waals surface area (Å²) in [6, 6.07) is 17.2. The van der Waals surface area contributed by atoms with Crippen molar-refractivity contribution in [1.82, 2.24) is 4.57 Å². The normalized spacial score (nSPS) is 11.6. The quantitative estimate of drug-likeness (QED) is 0.480. The highest BCUT2D eigenvalue weighted by atomic mass is 32.1. The Morgan fingerprint density at radius 1 is 1.07 bits per heavy atom. The Balaban J connectivity index is 1.86. The van der Waals surface area contributed by atoms with Crippen molar-refractivity contribution in [2.45, 2.75) is 6.54 Å². The van der Waals surface area contributed by atoms with Crippen LogP contribution in [0.1, 0.15) is 10.4 Å². The van der Waals surface area contributed by atoms with Gasteiger partial charge >= 0.3 is 0 Å². The SMILES string of the molecule is C#CCn1c(=NC(=O)c2ccc3ccccc3c2)sc2cc(OC)c(OC)cc21. The third kappa shape index (κ3) is 3.48. The molecule has 3 aromatic carbocycles. The number of thiazole rings is 1. The van der Waals surface area contributed by atoms with E-state index >= 15 is 0 Å². The molecule has 0 unspecified atom stereocenters. The topological polar surface area (TPSA) is 52.8 Å². The Morgan fingerprint density at radius 3 is 2.52 bits per heavy atom. The lowest BCUT2D eigenvalue weighted by molar-refractivity contribution is 0.0998. The monoisotopic (exact) mass is 402 g/mol. The van der Waals surface area contributed by atoms with Crippen LogP contribution in [0.2, 0.25) is 0 Å². The van der Waals surface area contributed by atoms with Crippen LogP contribution < -0.4 is 14.3 Å². The van der Waals surface area contributed by atoms with Crippen molar-refractivity contribution < 1.29 is 14.3 Å². The third-order valence-corrected chi connectivity index (χ3v) is 5.67. The number of benzene rings is 3. The number of aromatic nitrogens is 1. The van der Waals surface area contributed by atoms with Gasteiger partial charge in [-0.1, -0.05) is 47.6 Å². The first kappa shape index (κ1) is 18.8. The molecule has 0 spiro atoms. The van der Waals surface area contributed by atoms with Crippen molar-refractivity contribution in [3.63, 3.8) is 0 Å². The summed E-state index contributed by atoms with van der Waals surface area (Å²) in [4.78, 5) is 17.8. The zero-order valence-corrected chi connectivity index (χ0v) is 16.8. The maximum Gasteiger partial charge on any atom is 0.279 e. The van der Waals surface area contributed by atoms with Gasteiger partial charge in [-0.15, -0.1) is 6.42 Å². The summed E-state index contributed by atoms with van der Waals surface area (Å²) in [7, 11) is 3.16. The first-order valence-corrected chi connectivity index (χ1v) is 9.73. The van der Waals surface area contributed by atoms with Gasteiger partial charge in [-0.05, 0) is 22.9 Å². The Hall–Kier alpha value is -3.56. The van der Waals surface area contributed by atoms with Crippen LogP contribution >= 0.6 is 11.3 Å². The second-order valence-electron chi connectivity index (χ2n) is 6.33. The van der Waals surface area contributed by atoms with E-state index in [0.717, 1.165) is 21.0 Å². The number of nitrogens with zero attached hydrogens (tertiary/aromatic N) is 2. The largest absolute Gasteiger partial charge is 0.493 e. The fourth-order valence-electron chi connectivity index (χ4n) is 3.20. The van der Waals surface area contributed by atoms with Gasteiger partial charge < -0.3 is 14.0 Å². The summed E-state index contributed by atoms with van der Waals surface area (Å²) in [5.41, 5.74) is 1.37. The van der Waals surface area contributed by atoms with Crippen LogP contribution in [0.3, 0.4) is 0 Å². The number of methoxy groups -OCH3 is 2. The molecule has 0 aliphatic carbocycles. The van der Waals surface area contributed by atoms with E-state index in [1.165, 1.54) is 11.3 Å². The number of ether oxygens (including phenoxy) is 2. The molecule has 1 heterocycles. The lowest BCUT2D eigenvalue weighted by Gasteiger charge is -2.08. The number of carbonyl (C=O) groups excluding carboxylic acids is 1. The molecule has 1 aromatic heterocycles. The number of rotatable bonds is 4. The molecule has 0 N–H and O–H groups in total. The van der Waals surface area contributed by atoms with Crippen molar-refractivity contribution >= 4 is 38.2 Å². The van der Waals surface area contributed by atoms with Crippen LogP contribution in [-0.2, 0) is 6.54 Å². The molecular formula is C23H18N2O3S. The fraction of sp³-hybridized carbons (Fsp3) is 0.130. The number of fused-ring (bicyclic) bond motifs is 2. The van der Waals surface area contributed by atoms with E-state index in [9.17, 15) is 4.79 Å². The van der Waals surface area contributed by atoms with Gasteiger partial charge in [0.25, 0.3) is 5.91 Å². The summed E-state index contributed by atoms with van der Waals surface area (Å²) in [6.45, 7) is 0.291. The minimum atomic E-state index is -0.313. The van der Waals surface area contributed by atoms with E-state index in [1.807, 2.05) is 53.1 Å². The smallest absolute Gasteiger partial charge is 0.279 e. The number of amides is 1. The van der Waals surface area contributed by atoms with Crippen LogP contribution in [0.25, 0.3) is 21.0 Å². The van der Waals surface area contributed by atoms with Gasteiger partial charge in [-0.3, -0.25) is 4.79 Å². The van der Waals surface area contributed by atoms with E-state index in [1.54, 1.807) is 20.3 Å². The van der Waals surface area contributed by atoms with Crippen molar-refractivity contribution in [2.75, 3.05) is 14.2 Å². The molecule has 0 bridgehead atoms. The van der Waals surface area contributed by atoms with Crippen molar-refractivity contribution in [2.24, 2.45) is 4.99 Å². The number of terminal acetylenes is 1. The van der Waals surface area contributed by atoms with Gasteiger partial charge in [0.15, 0.2) is 16.3 Å². The second kappa shape index (κ2) is 7.82. The van der Waals surface area contributed by atoms with Gasteiger partial charge in [-0.2, -0.15) is 4.99 Å². The van der Waals surface area contributed by atoms with Crippen LogP contribution in [-0.4, -0.2) is 24.7 Å². The van der Waals surface area contributed by atoms with Crippen LogP contribution in [0, 0.1) is 12.3 Å². The Morgan fingerprint density at radius 2 is 1.79 bits per heavy atom. The van der Waals surface area contributed by atoms with Gasteiger partial charge in [0, 0.05) is 17.7 Å². The zero-order chi connectivity index (χ0) is 20.4. The minimum Gasteiger partial charge on any atom is -0.493 e. The average molecular weight is 402 g/mol. The summed E-state index contributed by atoms with van der Waals surface area (Å²) in [6.07, 6.45) is 5.56. The van der Waals surface area contributed by atoms with Gasteiger partial charge in [-0.25, -0.2) is 0 Å². The highest BCUT2D eigenvalue weighted by Gasteiger charge is 2.13. The fourth-order valence-corrected chi connectivity index (χ4v) is 4.24. The summed E-state index contributed by atoms with van der Waals surface area (Å²) in [5, 5.41) is 2.07. The molecule has 0 aliphatic heterocycles. The van der Waals surface area contributed by atoms with Gasteiger partial charge in [0.05, 0.1) is 31.0 Å². The molecule has 0 fully saturated rings. The number of hydrogen-bond donors (Lipinski definition) is 0. The molecule has 0 saturated carbocycles. The van der Waals surface area contributed by atoms with Crippen molar-refractivity contribution in [1.29, 1.82) is 0 Å². The Bertz CT molecular complexity index is 1340. The molecular weight excluding hydrogens is 384 g/mol. The average Bonchev–Trinajstić information content (AvgIpc) is 3.08.